The Balaban J connectivity index is 1.87. The number of halogens is 3. The van der Waals surface area contributed by atoms with E-state index in [4.69, 9.17) is 9.84 Å². The number of carboxylic acids is 1. The molecule has 3 rings (SSSR count). The second-order valence-corrected chi connectivity index (χ2v) is 9.57. The first-order chi connectivity index (χ1) is 16.3. The van der Waals surface area contributed by atoms with Gasteiger partial charge in [-0.2, -0.15) is 13.2 Å². The van der Waals surface area contributed by atoms with Crippen LogP contribution in [0.5, 0.6) is 5.75 Å². The Kier molecular flexibility index (Phi) is 7.54. The molecule has 35 heavy (non-hydrogen) atoms. The molecule has 0 fully saturated rings. The quantitative estimate of drug-likeness (QED) is 0.353. The zero-order valence-electron chi connectivity index (χ0n) is 18.6. The Bertz CT molecular complexity index is 1330. The number of carboxylic acid groups (broad SMARTS) is 1. The first-order valence-electron chi connectivity index (χ1n) is 10.3. The number of aromatic carboxylic acids is 1. The molecule has 0 aliphatic heterocycles. The van der Waals surface area contributed by atoms with E-state index in [0.29, 0.717) is 18.1 Å². The lowest BCUT2D eigenvalue weighted by Crippen LogP contribution is -2.15. The monoisotopic (exact) mass is 505 g/mol. The van der Waals surface area contributed by atoms with Crippen molar-refractivity contribution in [3.05, 3.63) is 101 Å². The van der Waals surface area contributed by atoms with E-state index in [1.807, 2.05) is 6.92 Å². The van der Waals surface area contributed by atoms with Crippen LogP contribution >= 0.6 is 0 Å². The van der Waals surface area contributed by atoms with Crippen molar-refractivity contribution >= 4 is 21.7 Å². The Morgan fingerprint density at radius 2 is 1.60 bits per heavy atom. The summed E-state index contributed by atoms with van der Waals surface area (Å²) in [6.45, 7) is 5.44. The molecule has 3 aromatic carbocycles. The molecule has 184 valence electrons. The normalized spacial score (nSPS) is 11.7. The number of alkyl halides is 3. The van der Waals surface area contributed by atoms with E-state index in [2.05, 4.69) is 11.3 Å². The van der Waals surface area contributed by atoms with Gasteiger partial charge in [0.05, 0.1) is 21.7 Å². The molecular weight excluding hydrogens is 483 g/mol. The van der Waals surface area contributed by atoms with Gasteiger partial charge in [-0.25, -0.2) is 13.2 Å². The van der Waals surface area contributed by atoms with Crippen molar-refractivity contribution in [3.8, 4) is 5.75 Å². The van der Waals surface area contributed by atoms with Crippen molar-refractivity contribution in [1.29, 1.82) is 0 Å². The van der Waals surface area contributed by atoms with Gasteiger partial charge < -0.3 is 9.84 Å². The molecule has 0 aromatic heterocycles. The lowest BCUT2D eigenvalue weighted by Gasteiger charge is -2.16. The van der Waals surface area contributed by atoms with Crippen molar-refractivity contribution in [2.24, 2.45) is 0 Å². The summed E-state index contributed by atoms with van der Waals surface area (Å²) in [7, 11) is -4.13. The van der Waals surface area contributed by atoms with Gasteiger partial charge in [-0.3, -0.25) is 4.72 Å². The Hall–Kier alpha value is -3.79. The molecule has 0 radical (unpaired) electrons. The van der Waals surface area contributed by atoms with Crippen LogP contribution in [-0.2, 0) is 29.2 Å². The lowest BCUT2D eigenvalue weighted by atomic mass is 10.1. The topological polar surface area (TPSA) is 92.7 Å². The van der Waals surface area contributed by atoms with Gasteiger partial charge in [0.25, 0.3) is 10.0 Å². The molecule has 6 nitrogen and oxygen atoms in total. The summed E-state index contributed by atoms with van der Waals surface area (Å²) in [5.41, 5.74) is 1.10. The van der Waals surface area contributed by atoms with Crippen LogP contribution in [0, 0.1) is 0 Å². The van der Waals surface area contributed by atoms with Crippen LogP contribution in [0.4, 0.5) is 18.9 Å². The second kappa shape index (κ2) is 10.2. The van der Waals surface area contributed by atoms with Crippen molar-refractivity contribution in [3.63, 3.8) is 0 Å². The highest BCUT2D eigenvalue weighted by Gasteiger charge is 2.32. The van der Waals surface area contributed by atoms with E-state index >= 15 is 0 Å². The standard InChI is InChI=1S/C25H22F3NO5S/c1-16(2)13-17-5-10-21(11-6-17)35(32,33)29-22-12-9-20(25(26,27)28)14-23(22)34-15-18-3-7-19(8-4-18)24(30)31/h3-12,14,29H,1,13,15H2,2H3,(H,30,31). The van der Waals surface area contributed by atoms with E-state index in [9.17, 15) is 26.4 Å². The third-order valence-corrected chi connectivity index (χ3v) is 6.27. The molecule has 0 amide bonds. The highest BCUT2D eigenvalue weighted by atomic mass is 32.2. The van der Waals surface area contributed by atoms with E-state index in [0.717, 1.165) is 23.3 Å². The molecule has 0 saturated carbocycles. The summed E-state index contributed by atoms with van der Waals surface area (Å²) < 4.78 is 73.3. The fourth-order valence-electron chi connectivity index (χ4n) is 3.15. The summed E-state index contributed by atoms with van der Waals surface area (Å²) >= 11 is 0. The minimum absolute atomic E-state index is 0.0375. The second-order valence-electron chi connectivity index (χ2n) is 7.88. The fraction of sp³-hybridized carbons (Fsp3) is 0.160. The maximum atomic E-state index is 13.3. The number of hydrogen-bond donors (Lipinski definition) is 2. The Morgan fingerprint density at radius 1 is 1.00 bits per heavy atom. The van der Waals surface area contributed by atoms with Crippen molar-refractivity contribution in [1.82, 2.24) is 0 Å². The fourth-order valence-corrected chi connectivity index (χ4v) is 4.22. The Morgan fingerprint density at radius 3 is 2.14 bits per heavy atom. The number of allylic oxidation sites excluding steroid dienone is 1. The molecular formula is C25H22F3NO5S. The van der Waals surface area contributed by atoms with Crippen LogP contribution in [-0.4, -0.2) is 19.5 Å². The zero-order valence-corrected chi connectivity index (χ0v) is 19.4. The average Bonchev–Trinajstić information content (AvgIpc) is 2.77. The van der Waals surface area contributed by atoms with E-state index in [1.165, 1.54) is 36.4 Å². The molecule has 0 aliphatic carbocycles. The molecule has 2 N–H and O–H groups in total. The van der Waals surface area contributed by atoms with Crippen molar-refractivity contribution in [2.75, 3.05) is 4.72 Å². The molecule has 0 atom stereocenters. The van der Waals surface area contributed by atoms with Gasteiger partial charge in [0, 0.05) is 0 Å². The number of benzene rings is 3. The van der Waals surface area contributed by atoms with E-state index < -0.39 is 27.7 Å². The van der Waals surface area contributed by atoms with Gasteiger partial charge in [0.2, 0.25) is 0 Å². The maximum Gasteiger partial charge on any atom is 0.416 e. The first-order valence-corrected chi connectivity index (χ1v) is 11.8. The van der Waals surface area contributed by atoms with Crippen LogP contribution in [0.15, 0.2) is 83.8 Å². The first kappa shape index (κ1) is 25.8. The minimum atomic E-state index is -4.67. The predicted molar refractivity (Wildman–Crippen MR) is 125 cm³/mol. The molecule has 3 aromatic rings. The summed E-state index contributed by atoms with van der Waals surface area (Å²) in [4.78, 5) is 10.9. The summed E-state index contributed by atoms with van der Waals surface area (Å²) in [5.74, 6) is -1.45. The SMILES string of the molecule is C=C(C)Cc1ccc(S(=O)(=O)Nc2ccc(C(F)(F)F)cc2OCc2ccc(C(=O)O)cc2)cc1. The molecule has 0 spiro atoms. The lowest BCUT2D eigenvalue weighted by molar-refractivity contribution is -0.137. The van der Waals surface area contributed by atoms with Crippen molar-refractivity contribution < 1.29 is 36.2 Å². The van der Waals surface area contributed by atoms with Crippen LogP contribution < -0.4 is 9.46 Å². The van der Waals surface area contributed by atoms with Gasteiger partial charge in [-0.1, -0.05) is 36.4 Å². The number of sulfonamides is 1. The van der Waals surface area contributed by atoms with Crippen LogP contribution in [0.2, 0.25) is 0 Å². The van der Waals surface area contributed by atoms with Gasteiger partial charge in [-0.15, -0.1) is 0 Å². The summed E-state index contributed by atoms with van der Waals surface area (Å²) in [5, 5.41) is 8.98. The average molecular weight is 506 g/mol. The van der Waals surface area contributed by atoms with Crippen LogP contribution in [0.3, 0.4) is 0 Å². The number of rotatable bonds is 9. The van der Waals surface area contributed by atoms with Crippen LogP contribution in [0.25, 0.3) is 0 Å². The van der Waals surface area contributed by atoms with Gasteiger partial charge in [-0.05, 0) is 66.9 Å². The molecule has 10 heteroatoms. The number of carbonyl (C=O) groups is 1. The number of ether oxygens (including phenoxy) is 1. The third-order valence-electron chi connectivity index (χ3n) is 4.89. The highest BCUT2D eigenvalue weighted by molar-refractivity contribution is 7.92. The maximum absolute atomic E-state index is 13.3. The summed E-state index contributed by atoms with van der Waals surface area (Å²) in [6.07, 6.45) is -4.09. The molecule has 0 saturated heterocycles. The highest BCUT2D eigenvalue weighted by Crippen LogP contribution is 2.36. The van der Waals surface area contributed by atoms with Gasteiger partial charge >= 0.3 is 12.1 Å². The van der Waals surface area contributed by atoms with Crippen molar-refractivity contribution in [2.45, 2.75) is 31.0 Å². The number of anilines is 1. The predicted octanol–water partition coefficient (Wildman–Crippen LogP) is 5.90. The van der Waals surface area contributed by atoms with E-state index in [1.54, 1.807) is 12.1 Å². The minimum Gasteiger partial charge on any atom is -0.487 e. The number of hydrogen-bond acceptors (Lipinski definition) is 4. The largest absolute Gasteiger partial charge is 0.487 e. The molecule has 0 unspecified atom stereocenters. The molecule has 0 bridgehead atoms. The molecule has 0 heterocycles. The van der Waals surface area contributed by atoms with E-state index in [-0.39, 0.29) is 28.5 Å². The smallest absolute Gasteiger partial charge is 0.416 e. The number of nitrogens with one attached hydrogen (secondary N) is 1. The van der Waals surface area contributed by atoms with Gasteiger partial charge in [0.15, 0.2) is 0 Å². The zero-order chi connectivity index (χ0) is 25.8. The summed E-state index contributed by atoms with van der Waals surface area (Å²) in [6, 6.07) is 14.1. The third kappa shape index (κ3) is 6.86. The Labute approximate surface area is 200 Å². The molecule has 0 aliphatic rings. The van der Waals surface area contributed by atoms with Gasteiger partial charge in [0.1, 0.15) is 12.4 Å². The van der Waals surface area contributed by atoms with Crippen LogP contribution in [0.1, 0.15) is 34.0 Å².